The second-order valence-electron chi connectivity index (χ2n) is 4.89. The second-order valence-corrected chi connectivity index (χ2v) is 4.89. The molecule has 118 valence electrons. The van der Waals surface area contributed by atoms with E-state index in [2.05, 4.69) is 24.1 Å². The highest BCUT2D eigenvalue weighted by Gasteiger charge is 2.20. The molecule has 0 heterocycles. The van der Waals surface area contributed by atoms with E-state index in [-0.39, 0.29) is 18.6 Å². The quantitative estimate of drug-likeness (QED) is 0.599. The van der Waals surface area contributed by atoms with E-state index in [0.29, 0.717) is 6.54 Å². The number of rotatable bonds is 10. The number of hydrogen-bond donors (Lipinski definition) is 2. The first kappa shape index (κ1) is 18.7. The monoisotopic (exact) mass is 287 g/mol. The minimum Gasteiger partial charge on any atom is -0.480 e. The summed E-state index contributed by atoms with van der Waals surface area (Å²) in [6.45, 7) is 11.3. The maximum Gasteiger partial charge on any atom is 0.323 e. The number of carbonyl (C=O) groups is 2. The highest BCUT2D eigenvalue weighted by molar-refractivity contribution is 5.80. The van der Waals surface area contributed by atoms with Crippen molar-refractivity contribution in [3.8, 4) is 0 Å². The zero-order valence-corrected chi connectivity index (χ0v) is 13.2. The molecule has 0 saturated carbocycles. The average molecular weight is 287 g/mol. The number of amides is 2. The van der Waals surface area contributed by atoms with Crippen LogP contribution in [-0.4, -0.2) is 65.7 Å². The summed E-state index contributed by atoms with van der Waals surface area (Å²) < 4.78 is 0. The summed E-state index contributed by atoms with van der Waals surface area (Å²) in [7, 11) is 0. The van der Waals surface area contributed by atoms with Crippen LogP contribution in [0, 0.1) is 0 Å². The summed E-state index contributed by atoms with van der Waals surface area (Å²) in [4.78, 5) is 26.5. The molecule has 0 aromatic rings. The van der Waals surface area contributed by atoms with Crippen molar-refractivity contribution in [3.63, 3.8) is 0 Å². The fourth-order valence-corrected chi connectivity index (χ4v) is 1.93. The van der Waals surface area contributed by atoms with Gasteiger partial charge in [0.15, 0.2) is 0 Å². The zero-order valence-electron chi connectivity index (χ0n) is 13.2. The van der Waals surface area contributed by atoms with Gasteiger partial charge in [0.05, 0.1) is 0 Å². The SMILES string of the molecule is CCC(C)N(CC(=O)O)C(=O)NCCCN(CC)CC. The van der Waals surface area contributed by atoms with Gasteiger partial charge in [-0.15, -0.1) is 0 Å². The van der Waals surface area contributed by atoms with Crippen molar-refractivity contribution >= 4 is 12.0 Å². The first-order valence-corrected chi connectivity index (χ1v) is 7.44. The van der Waals surface area contributed by atoms with Gasteiger partial charge in [0, 0.05) is 12.6 Å². The maximum atomic E-state index is 12.0. The summed E-state index contributed by atoms with van der Waals surface area (Å²) >= 11 is 0. The van der Waals surface area contributed by atoms with Crippen LogP contribution in [0.3, 0.4) is 0 Å². The van der Waals surface area contributed by atoms with Crippen molar-refractivity contribution in [2.24, 2.45) is 0 Å². The van der Waals surface area contributed by atoms with E-state index in [4.69, 9.17) is 5.11 Å². The Morgan fingerprint density at radius 1 is 1.20 bits per heavy atom. The Kier molecular flexibility index (Phi) is 9.80. The van der Waals surface area contributed by atoms with Crippen LogP contribution < -0.4 is 5.32 Å². The van der Waals surface area contributed by atoms with Crippen LogP contribution in [0.1, 0.15) is 40.5 Å². The fraction of sp³-hybridized carbons (Fsp3) is 0.857. The molecule has 0 aliphatic rings. The molecule has 6 heteroatoms. The van der Waals surface area contributed by atoms with Crippen molar-refractivity contribution in [2.75, 3.05) is 32.7 Å². The molecule has 0 aliphatic heterocycles. The molecule has 2 amide bonds. The molecular formula is C14H29N3O3. The van der Waals surface area contributed by atoms with Gasteiger partial charge in [0.2, 0.25) is 0 Å². The standard InChI is InChI=1S/C14H29N3O3/c1-5-12(4)17(11-13(18)19)14(20)15-9-8-10-16(6-2)7-3/h12H,5-11H2,1-4H3,(H,15,20)(H,18,19). The number of hydrogen-bond acceptors (Lipinski definition) is 3. The molecule has 0 bridgehead atoms. The van der Waals surface area contributed by atoms with Gasteiger partial charge < -0.3 is 20.2 Å². The third kappa shape index (κ3) is 7.33. The zero-order chi connectivity index (χ0) is 15.5. The van der Waals surface area contributed by atoms with Crippen molar-refractivity contribution in [2.45, 2.75) is 46.6 Å². The molecule has 0 spiro atoms. The Bertz CT molecular complexity index is 293. The molecular weight excluding hydrogens is 258 g/mol. The van der Waals surface area contributed by atoms with Gasteiger partial charge in [-0.05, 0) is 39.4 Å². The molecule has 1 unspecified atom stereocenters. The van der Waals surface area contributed by atoms with Gasteiger partial charge in [-0.1, -0.05) is 20.8 Å². The summed E-state index contributed by atoms with van der Waals surface area (Å²) in [6.07, 6.45) is 1.61. The lowest BCUT2D eigenvalue weighted by Crippen LogP contribution is -2.47. The van der Waals surface area contributed by atoms with Crippen molar-refractivity contribution in [1.82, 2.24) is 15.1 Å². The van der Waals surface area contributed by atoms with Crippen LogP contribution in [0.4, 0.5) is 4.79 Å². The number of carbonyl (C=O) groups excluding carboxylic acids is 1. The Hall–Kier alpha value is -1.30. The van der Waals surface area contributed by atoms with E-state index in [1.165, 1.54) is 4.90 Å². The van der Waals surface area contributed by atoms with Gasteiger partial charge in [-0.3, -0.25) is 4.79 Å². The number of nitrogens with one attached hydrogen (secondary N) is 1. The Labute approximate surface area is 122 Å². The van der Waals surface area contributed by atoms with Crippen LogP contribution in [0.25, 0.3) is 0 Å². The summed E-state index contributed by atoms with van der Waals surface area (Å²) in [6, 6.07) is -0.366. The topological polar surface area (TPSA) is 72.9 Å². The molecule has 0 rings (SSSR count). The van der Waals surface area contributed by atoms with Gasteiger partial charge in [0.1, 0.15) is 6.54 Å². The molecule has 1 atom stereocenters. The molecule has 6 nitrogen and oxygen atoms in total. The Morgan fingerprint density at radius 3 is 2.25 bits per heavy atom. The summed E-state index contributed by atoms with van der Waals surface area (Å²) in [5.41, 5.74) is 0. The molecule has 0 aromatic carbocycles. The first-order chi connectivity index (χ1) is 9.46. The first-order valence-electron chi connectivity index (χ1n) is 7.44. The smallest absolute Gasteiger partial charge is 0.323 e. The molecule has 0 radical (unpaired) electrons. The number of nitrogens with zero attached hydrogens (tertiary/aromatic N) is 2. The third-order valence-electron chi connectivity index (χ3n) is 3.51. The highest BCUT2D eigenvalue weighted by atomic mass is 16.4. The summed E-state index contributed by atoms with van der Waals surface area (Å²) in [5.74, 6) is -0.983. The molecule has 20 heavy (non-hydrogen) atoms. The van der Waals surface area contributed by atoms with E-state index in [1.807, 2.05) is 13.8 Å². The highest BCUT2D eigenvalue weighted by Crippen LogP contribution is 2.03. The van der Waals surface area contributed by atoms with Crippen LogP contribution >= 0.6 is 0 Å². The average Bonchev–Trinajstić information content (AvgIpc) is 2.43. The molecule has 0 fully saturated rings. The Balaban J connectivity index is 4.16. The third-order valence-corrected chi connectivity index (χ3v) is 3.51. The van der Waals surface area contributed by atoms with Gasteiger partial charge in [0.25, 0.3) is 0 Å². The normalized spacial score (nSPS) is 12.2. The predicted molar refractivity (Wildman–Crippen MR) is 79.9 cm³/mol. The van der Waals surface area contributed by atoms with Gasteiger partial charge >= 0.3 is 12.0 Å². The fourth-order valence-electron chi connectivity index (χ4n) is 1.93. The van der Waals surface area contributed by atoms with Crippen LogP contribution in [0.5, 0.6) is 0 Å². The molecule has 0 aromatic heterocycles. The number of carboxylic acids is 1. The summed E-state index contributed by atoms with van der Waals surface area (Å²) in [5, 5.41) is 11.7. The van der Waals surface area contributed by atoms with Gasteiger partial charge in [-0.25, -0.2) is 4.79 Å². The minimum atomic E-state index is -0.983. The number of aliphatic carboxylic acids is 1. The van der Waals surface area contributed by atoms with E-state index in [9.17, 15) is 9.59 Å². The van der Waals surface area contributed by atoms with Crippen molar-refractivity contribution in [1.29, 1.82) is 0 Å². The van der Waals surface area contributed by atoms with Crippen LogP contribution in [0.2, 0.25) is 0 Å². The Morgan fingerprint density at radius 2 is 1.80 bits per heavy atom. The van der Waals surface area contributed by atoms with E-state index >= 15 is 0 Å². The number of urea groups is 1. The van der Waals surface area contributed by atoms with E-state index < -0.39 is 5.97 Å². The number of carboxylic acid groups (broad SMARTS) is 1. The predicted octanol–water partition coefficient (Wildman–Crippen LogP) is 1.61. The lowest BCUT2D eigenvalue weighted by Gasteiger charge is -2.27. The van der Waals surface area contributed by atoms with Crippen molar-refractivity contribution < 1.29 is 14.7 Å². The van der Waals surface area contributed by atoms with Crippen LogP contribution in [0.15, 0.2) is 0 Å². The van der Waals surface area contributed by atoms with Crippen LogP contribution in [-0.2, 0) is 4.79 Å². The largest absolute Gasteiger partial charge is 0.480 e. The minimum absolute atomic E-state index is 0.0751. The second kappa shape index (κ2) is 10.5. The molecule has 0 saturated heterocycles. The van der Waals surface area contributed by atoms with E-state index in [1.54, 1.807) is 0 Å². The van der Waals surface area contributed by atoms with Gasteiger partial charge in [-0.2, -0.15) is 0 Å². The lowest BCUT2D eigenvalue weighted by atomic mass is 10.2. The maximum absolute atomic E-state index is 12.0. The molecule has 2 N–H and O–H groups in total. The van der Waals surface area contributed by atoms with Crippen molar-refractivity contribution in [3.05, 3.63) is 0 Å². The lowest BCUT2D eigenvalue weighted by molar-refractivity contribution is -0.138. The van der Waals surface area contributed by atoms with E-state index in [0.717, 1.165) is 32.5 Å². The molecule has 0 aliphatic carbocycles.